The number of halogens is 1. The summed E-state index contributed by atoms with van der Waals surface area (Å²) in [5.74, 6) is 0.115. The molecule has 0 radical (unpaired) electrons. The smallest absolute Gasteiger partial charge is 0.321 e. The van der Waals surface area contributed by atoms with Crippen molar-refractivity contribution in [2.45, 2.75) is 32.7 Å². The molecule has 7 heteroatoms. The average Bonchev–Trinajstić information content (AvgIpc) is 2.61. The second-order valence-electron chi connectivity index (χ2n) is 7.22. The standard InChI is InChI=1S/C19H28N4O2.ClH/c1-14-5-3-7-17(11-14)21-19(25)23-9-4-6-16(13-23)18(24)22-10-8-20-15(2)12-22;/h3,5,7,11,15-16,20H,4,6,8-10,12-13H2,1-2H3,(H,21,25);1H. The zero-order valence-electron chi connectivity index (χ0n) is 15.5. The van der Waals surface area contributed by atoms with E-state index in [2.05, 4.69) is 17.6 Å². The molecule has 6 nitrogen and oxygen atoms in total. The molecule has 2 atom stereocenters. The Hall–Kier alpha value is -1.79. The van der Waals surface area contributed by atoms with Crippen molar-refractivity contribution >= 4 is 30.0 Å². The Morgan fingerprint density at radius 2 is 2.00 bits per heavy atom. The highest BCUT2D eigenvalue weighted by molar-refractivity contribution is 5.90. The molecule has 0 aliphatic carbocycles. The third-order valence-electron chi connectivity index (χ3n) is 5.01. The second-order valence-corrected chi connectivity index (χ2v) is 7.22. The number of piperazine rings is 1. The van der Waals surface area contributed by atoms with Gasteiger partial charge in [0.2, 0.25) is 5.91 Å². The third-order valence-corrected chi connectivity index (χ3v) is 5.01. The Kier molecular flexibility index (Phi) is 7.29. The van der Waals surface area contributed by atoms with Gasteiger partial charge >= 0.3 is 6.03 Å². The number of hydrogen-bond donors (Lipinski definition) is 2. The summed E-state index contributed by atoms with van der Waals surface area (Å²) in [7, 11) is 0. The lowest BCUT2D eigenvalue weighted by Gasteiger charge is -2.38. The molecule has 2 unspecified atom stereocenters. The van der Waals surface area contributed by atoms with Gasteiger partial charge in [0, 0.05) is 44.5 Å². The van der Waals surface area contributed by atoms with Crippen LogP contribution in [0.3, 0.4) is 0 Å². The summed E-state index contributed by atoms with van der Waals surface area (Å²) in [4.78, 5) is 29.1. The zero-order valence-corrected chi connectivity index (χ0v) is 16.3. The summed E-state index contributed by atoms with van der Waals surface area (Å²) in [5.41, 5.74) is 1.91. The quantitative estimate of drug-likeness (QED) is 0.828. The lowest BCUT2D eigenvalue weighted by molar-refractivity contribution is -0.138. The fourth-order valence-electron chi connectivity index (χ4n) is 3.68. The number of piperidine rings is 1. The number of benzene rings is 1. The van der Waals surface area contributed by atoms with E-state index in [1.165, 1.54) is 0 Å². The molecule has 3 rings (SSSR count). The van der Waals surface area contributed by atoms with E-state index >= 15 is 0 Å². The predicted octanol–water partition coefficient (Wildman–Crippen LogP) is 2.48. The molecule has 0 spiro atoms. The minimum Gasteiger partial charge on any atom is -0.340 e. The first-order valence-corrected chi connectivity index (χ1v) is 9.17. The summed E-state index contributed by atoms with van der Waals surface area (Å²) < 4.78 is 0. The molecule has 0 bridgehead atoms. The first-order valence-electron chi connectivity index (χ1n) is 9.17. The van der Waals surface area contributed by atoms with Gasteiger partial charge in [0.1, 0.15) is 0 Å². The number of nitrogens with one attached hydrogen (secondary N) is 2. The van der Waals surface area contributed by atoms with E-state index in [1.54, 1.807) is 4.90 Å². The minimum absolute atomic E-state index is 0. The van der Waals surface area contributed by atoms with Crippen LogP contribution >= 0.6 is 12.4 Å². The van der Waals surface area contributed by atoms with Crippen LogP contribution in [-0.4, -0.2) is 60.5 Å². The van der Waals surface area contributed by atoms with Crippen LogP contribution in [-0.2, 0) is 4.79 Å². The molecule has 26 heavy (non-hydrogen) atoms. The van der Waals surface area contributed by atoms with E-state index in [9.17, 15) is 9.59 Å². The number of nitrogens with zero attached hydrogens (tertiary/aromatic N) is 2. The van der Waals surface area contributed by atoms with Gasteiger partial charge in [0.25, 0.3) is 0 Å². The Morgan fingerprint density at radius 1 is 1.19 bits per heavy atom. The number of aryl methyl sites for hydroxylation is 1. The largest absolute Gasteiger partial charge is 0.340 e. The van der Waals surface area contributed by atoms with E-state index in [-0.39, 0.29) is 30.3 Å². The number of rotatable bonds is 2. The third kappa shape index (κ3) is 5.11. The number of likely N-dealkylation sites (tertiary alicyclic amines) is 1. The minimum atomic E-state index is -0.114. The van der Waals surface area contributed by atoms with Crippen LogP contribution in [0.15, 0.2) is 24.3 Å². The van der Waals surface area contributed by atoms with Gasteiger partial charge in [-0.2, -0.15) is 0 Å². The fourth-order valence-corrected chi connectivity index (χ4v) is 3.68. The number of carbonyl (C=O) groups is 2. The van der Waals surface area contributed by atoms with Crippen LogP contribution in [0.4, 0.5) is 10.5 Å². The van der Waals surface area contributed by atoms with Gasteiger partial charge in [-0.05, 0) is 44.4 Å². The Labute approximate surface area is 161 Å². The van der Waals surface area contributed by atoms with Gasteiger partial charge in [0.05, 0.1) is 5.92 Å². The molecule has 1 aromatic rings. The predicted molar refractivity (Wildman–Crippen MR) is 106 cm³/mol. The number of urea groups is 1. The molecule has 2 aliphatic heterocycles. The highest BCUT2D eigenvalue weighted by Gasteiger charge is 2.32. The van der Waals surface area contributed by atoms with E-state index in [0.29, 0.717) is 19.1 Å². The lowest BCUT2D eigenvalue weighted by atomic mass is 9.96. The maximum atomic E-state index is 12.8. The van der Waals surface area contributed by atoms with Gasteiger partial charge in [-0.3, -0.25) is 4.79 Å². The molecule has 2 aliphatic rings. The molecule has 2 fully saturated rings. The summed E-state index contributed by atoms with van der Waals surface area (Å²) in [6.45, 7) is 7.67. The Morgan fingerprint density at radius 3 is 2.73 bits per heavy atom. The van der Waals surface area contributed by atoms with Crippen LogP contribution in [0.2, 0.25) is 0 Å². The molecule has 0 saturated carbocycles. The average molecular weight is 381 g/mol. The number of amides is 3. The second kappa shape index (κ2) is 9.24. The summed E-state index contributed by atoms with van der Waals surface area (Å²) in [6.07, 6.45) is 1.74. The number of anilines is 1. The maximum Gasteiger partial charge on any atom is 0.321 e. The topological polar surface area (TPSA) is 64.7 Å². The van der Waals surface area contributed by atoms with Crippen molar-refractivity contribution < 1.29 is 9.59 Å². The van der Waals surface area contributed by atoms with Gasteiger partial charge in [-0.15, -0.1) is 12.4 Å². The van der Waals surface area contributed by atoms with E-state index in [1.807, 2.05) is 36.1 Å². The summed E-state index contributed by atoms with van der Waals surface area (Å²) in [6, 6.07) is 7.99. The van der Waals surface area contributed by atoms with Crippen LogP contribution in [0.1, 0.15) is 25.3 Å². The van der Waals surface area contributed by atoms with E-state index in [0.717, 1.165) is 43.7 Å². The molecule has 3 amide bonds. The van der Waals surface area contributed by atoms with Gasteiger partial charge < -0.3 is 20.4 Å². The van der Waals surface area contributed by atoms with Crippen molar-refractivity contribution in [3.05, 3.63) is 29.8 Å². The lowest BCUT2D eigenvalue weighted by Crippen LogP contribution is -2.55. The van der Waals surface area contributed by atoms with Crippen molar-refractivity contribution in [2.24, 2.45) is 5.92 Å². The Bertz CT molecular complexity index is 640. The van der Waals surface area contributed by atoms with Crippen molar-refractivity contribution in [1.29, 1.82) is 0 Å². The van der Waals surface area contributed by atoms with Gasteiger partial charge in [-0.1, -0.05) is 12.1 Å². The van der Waals surface area contributed by atoms with E-state index < -0.39 is 0 Å². The summed E-state index contributed by atoms with van der Waals surface area (Å²) >= 11 is 0. The zero-order chi connectivity index (χ0) is 17.8. The Balaban J connectivity index is 0.00000243. The molecular weight excluding hydrogens is 352 g/mol. The van der Waals surface area contributed by atoms with Gasteiger partial charge in [-0.25, -0.2) is 4.79 Å². The van der Waals surface area contributed by atoms with Crippen molar-refractivity contribution in [3.8, 4) is 0 Å². The van der Waals surface area contributed by atoms with Crippen LogP contribution in [0, 0.1) is 12.8 Å². The molecule has 2 heterocycles. The molecule has 1 aromatic carbocycles. The summed E-state index contributed by atoms with van der Waals surface area (Å²) in [5, 5.41) is 6.31. The number of carbonyl (C=O) groups excluding carboxylic acids is 2. The molecule has 2 saturated heterocycles. The molecule has 0 aromatic heterocycles. The highest BCUT2D eigenvalue weighted by atomic mass is 35.5. The number of hydrogen-bond acceptors (Lipinski definition) is 3. The SMILES string of the molecule is Cc1cccc(NC(=O)N2CCCC(C(=O)N3CCNC(C)C3)C2)c1.Cl. The molecule has 144 valence electrons. The van der Waals surface area contributed by atoms with E-state index in [4.69, 9.17) is 0 Å². The van der Waals surface area contributed by atoms with Crippen LogP contribution < -0.4 is 10.6 Å². The fraction of sp³-hybridized carbons (Fsp3) is 0.579. The van der Waals surface area contributed by atoms with Crippen molar-refractivity contribution in [1.82, 2.24) is 15.1 Å². The molecule has 2 N–H and O–H groups in total. The molecular formula is C19H29ClN4O2. The van der Waals surface area contributed by atoms with Crippen molar-refractivity contribution in [3.63, 3.8) is 0 Å². The first-order chi connectivity index (χ1) is 12.0. The van der Waals surface area contributed by atoms with Crippen molar-refractivity contribution in [2.75, 3.05) is 38.0 Å². The maximum absolute atomic E-state index is 12.8. The normalized spacial score (nSPS) is 23.2. The van der Waals surface area contributed by atoms with Crippen LogP contribution in [0.5, 0.6) is 0 Å². The first kappa shape index (κ1) is 20.5. The van der Waals surface area contributed by atoms with Gasteiger partial charge in [0.15, 0.2) is 0 Å². The van der Waals surface area contributed by atoms with Crippen LogP contribution in [0.25, 0.3) is 0 Å². The monoisotopic (exact) mass is 380 g/mol. The highest BCUT2D eigenvalue weighted by Crippen LogP contribution is 2.21.